The van der Waals surface area contributed by atoms with Crippen LogP contribution in [0.4, 0.5) is 0 Å². The molecule has 4 rings (SSSR count). The van der Waals surface area contributed by atoms with Crippen molar-refractivity contribution < 1.29 is 4.79 Å². The van der Waals surface area contributed by atoms with Gasteiger partial charge < -0.3 is 9.88 Å². The quantitative estimate of drug-likeness (QED) is 0.801. The van der Waals surface area contributed by atoms with Crippen LogP contribution in [0.1, 0.15) is 79.1 Å². The Kier molecular flexibility index (Phi) is 4.59. The first-order chi connectivity index (χ1) is 13.6. The highest BCUT2D eigenvalue weighted by molar-refractivity contribution is 5.92. The van der Waals surface area contributed by atoms with Gasteiger partial charge in [0.05, 0.1) is 5.69 Å². The largest absolute Gasteiger partial charge is 0.336 e. The van der Waals surface area contributed by atoms with Gasteiger partial charge in [-0.2, -0.15) is 0 Å². The zero-order valence-electron chi connectivity index (χ0n) is 17.9. The number of carbonyl (C=O) groups excluding carboxylic acids is 1. The molecule has 2 aromatic rings. The number of amides is 1. The zero-order chi connectivity index (χ0) is 21.0. The first-order valence-electron chi connectivity index (χ1n) is 10.3. The summed E-state index contributed by atoms with van der Waals surface area (Å²) < 4.78 is 0. The third kappa shape index (κ3) is 3.47. The highest BCUT2D eigenvalue weighted by Gasteiger charge is 2.46. The predicted octanol–water partition coefficient (Wildman–Crippen LogP) is 2.59. The van der Waals surface area contributed by atoms with Gasteiger partial charge in [-0.1, -0.05) is 20.8 Å². The van der Waals surface area contributed by atoms with Crippen LogP contribution < -0.4 is 5.56 Å². The molecule has 1 spiro atoms. The number of hydrogen-bond acceptors (Lipinski definition) is 5. The Morgan fingerprint density at radius 2 is 1.93 bits per heavy atom. The monoisotopic (exact) mass is 395 g/mol. The molecule has 0 radical (unpaired) electrons. The van der Waals surface area contributed by atoms with Crippen molar-refractivity contribution in [3.8, 4) is 0 Å². The summed E-state index contributed by atoms with van der Waals surface area (Å²) in [6.07, 6.45) is 3.42. The normalized spacial score (nSPS) is 21.5. The molecule has 0 bridgehead atoms. The third-order valence-corrected chi connectivity index (χ3v) is 6.13. The Hall–Kier alpha value is -2.57. The van der Waals surface area contributed by atoms with Crippen molar-refractivity contribution in [2.45, 2.75) is 71.1 Å². The van der Waals surface area contributed by atoms with E-state index in [9.17, 15) is 9.59 Å². The molecular weight excluding hydrogens is 366 g/mol. The fourth-order valence-electron chi connectivity index (χ4n) is 4.70. The Bertz CT molecular complexity index is 1020. The van der Waals surface area contributed by atoms with Crippen molar-refractivity contribution in [1.29, 1.82) is 0 Å². The lowest BCUT2D eigenvalue weighted by atomic mass is 9.77. The van der Waals surface area contributed by atoms with Crippen LogP contribution in [0.5, 0.6) is 0 Å². The highest BCUT2D eigenvalue weighted by atomic mass is 16.2. The average Bonchev–Trinajstić information content (AvgIpc) is 2.98. The minimum Gasteiger partial charge on any atom is -0.336 e. The standard InChI is InChI=1S/C22H29N5O2/c1-13-11-16(24-14(2)23-13)19(29)27-10-6-8-22(12-27)9-7-15-17(22)25-20(21(3,4)5)26-18(15)28/h11H,6-10,12H2,1-5H3,(H,25,26,28). The Labute approximate surface area is 171 Å². The first kappa shape index (κ1) is 19.7. The second-order valence-electron chi connectivity index (χ2n) is 9.54. The van der Waals surface area contributed by atoms with Crippen LogP contribution in [0.25, 0.3) is 0 Å². The van der Waals surface area contributed by atoms with Crippen LogP contribution in [-0.2, 0) is 17.3 Å². The fourth-order valence-corrected chi connectivity index (χ4v) is 4.70. The zero-order valence-corrected chi connectivity index (χ0v) is 17.9. The van der Waals surface area contributed by atoms with Crippen molar-refractivity contribution in [3.63, 3.8) is 0 Å². The number of fused-ring (bicyclic) bond motifs is 2. The Morgan fingerprint density at radius 3 is 2.62 bits per heavy atom. The third-order valence-electron chi connectivity index (χ3n) is 6.13. The van der Waals surface area contributed by atoms with E-state index in [-0.39, 0.29) is 22.3 Å². The van der Waals surface area contributed by atoms with Gasteiger partial charge in [-0.15, -0.1) is 0 Å². The molecule has 1 N–H and O–H groups in total. The number of H-pyrrole nitrogens is 1. The Morgan fingerprint density at radius 1 is 1.17 bits per heavy atom. The summed E-state index contributed by atoms with van der Waals surface area (Å²) >= 11 is 0. The summed E-state index contributed by atoms with van der Waals surface area (Å²) in [5.41, 5.74) is 2.43. The van der Waals surface area contributed by atoms with E-state index in [0.717, 1.165) is 42.6 Å². The van der Waals surface area contributed by atoms with Crippen LogP contribution in [0.3, 0.4) is 0 Å². The number of hydrogen-bond donors (Lipinski definition) is 1. The minimum absolute atomic E-state index is 0.0256. The lowest BCUT2D eigenvalue weighted by molar-refractivity contribution is 0.0626. The lowest BCUT2D eigenvalue weighted by Gasteiger charge is -2.40. The van der Waals surface area contributed by atoms with Gasteiger partial charge in [0, 0.05) is 35.2 Å². The fraction of sp³-hybridized carbons (Fsp3) is 0.591. The van der Waals surface area contributed by atoms with E-state index in [1.807, 2.05) is 11.8 Å². The van der Waals surface area contributed by atoms with E-state index in [1.54, 1.807) is 13.0 Å². The van der Waals surface area contributed by atoms with Gasteiger partial charge in [-0.25, -0.2) is 15.0 Å². The molecule has 1 aliphatic carbocycles. The molecule has 2 aliphatic rings. The molecule has 1 atom stereocenters. The van der Waals surface area contributed by atoms with Gasteiger partial charge in [0.25, 0.3) is 11.5 Å². The number of nitrogens with zero attached hydrogens (tertiary/aromatic N) is 4. The summed E-state index contributed by atoms with van der Waals surface area (Å²) in [5.74, 6) is 1.26. The molecule has 7 nitrogen and oxygen atoms in total. The second-order valence-corrected chi connectivity index (χ2v) is 9.54. The summed E-state index contributed by atoms with van der Waals surface area (Å²) in [7, 11) is 0. The molecule has 0 aromatic carbocycles. The van der Waals surface area contributed by atoms with Gasteiger partial charge in [0.2, 0.25) is 0 Å². The van der Waals surface area contributed by atoms with Crippen LogP contribution in [0.2, 0.25) is 0 Å². The SMILES string of the molecule is Cc1cc(C(=O)N2CCCC3(CCc4c3nc(C(C)(C)C)[nH]c4=O)C2)nc(C)n1. The van der Waals surface area contributed by atoms with Gasteiger partial charge in [0.15, 0.2) is 0 Å². The highest BCUT2D eigenvalue weighted by Crippen LogP contribution is 2.43. The number of aromatic nitrogens is 4. The molecule has 1 aliphatic heterocycles. The van der Waals surface area contributed by atoms with E-state index in [4.69, 9.17) is 4.98 Å². The van der Waals surface area contributed by atoms with Crippen molar-refractivity contribution in [3.05, 3.63) is 50.7 Å². The van der Waals surface area contributed by atoms with Gasteiger partial charge in [-0.05, 0) is 45.6 Å². The summed E-state index contributed by atoms with van der Waals surface area (Å²) in [5, 5.41) is 0. The number of nitrogens with one attached hydrogen (secondary N) is 1. The van der Waals surface area contributed by atoms with Crippen LogP contribution >= 0.6 is 0 Å². The maximum absolute atomic E-state index is 13.2. The molecule has 1 amide bonds. The van der Waals surface area contributed by atoms with Crippen molar-refractivity contribution >= 4 is 5.91 Å². The second kappa shape index (κ2) is 6.75. The lowest BCUT2D eigenvalue weighted by Crippen LogP contribution is -2.48. The number of carbonyl (C=O) groups is 1. The van der Waals surface area contributed by atoms with E-state index < -0.39 is 0 Å². The molecular formula is C22H29N5O2. The van der Waals surface area contributed by atoms with E-state index in [0.29, 0.717) is 30.4 Å². The summed E-state index contributed by atoms with van der Waals surface area (Å²) in [4.78, 5) is 44.4. The van der Waals surface area contributed by atoms with Crippen LogP contribution in [-0.4, -0.2) is 43.8 Å². The molecule has 1 saturated heterocycles. The first-order valence-corrected chi connectivity index (χ1v) is 10.3. The van der Waals surface area contributed by atoms with E-state index >= 15 is 0 Å². The number of likely N-dealkylation sites (tertiary alicyclic amines) is 1. The number of rotatable bonds is 1. The number of piperidine rings is 1. The summed E-state index contributed by atoms with van der Waals surface area (Å²) in [6, 6.07) is 1.75. The molecule has 7 heteroatoms. The molecule has 29 heavy (non-hydrogen) atoms. The van der Waals surface area contributed by atoms with Crippen molar-refractivity contribution in [2.24, 2.45) is 0 Å². The topological polar surface area (TPSA) is 91.8 Å². The molecule has 154 valence electrons. The van der Waals surface area contributed by atoms with Gasteiger partial charge in [-0.3, -0.25) is 9.59 Å². The molecule has 2 aromatic heterocycles. The molecule has 3 heterocycles. The maximum Gasteiger partial charge on any atom is 0.272 e. The van der Waals surface area contributed by atoms with Crippen molar-refractivity contribution in [2.75, 3.05) is 13.1 Å². The smallest absolute Gasteiger partial charge is 0.272 e. The van der Waals surface area contributed by atoms with Gasteiger partial charge in [0.1, 0.15) is 17.3 Å². The van der Waals surface area contributed by atoms with Gasteiger partial charge >= 0.3 is 0 Å². The molecule has 1 unspecified atom stereocenters. The van der Waals surface area contributed by atoms with Crippen LogP contribution in [0.15, 0.2) is 10.9 Å². The molecule has 1 fully saturated rings. The summed E-state index contributed by atoms with van der Waals surface area (Å²) in [6.45, 7) is 11.1. The molecule has 0 saturated carbocycles. The van der Waals surface area contributed by atoms with Crippen LogP contribution in [0, 0.1) is 13.8 Å². The Balaban J connectivity index is 1.70. The predicted molar refractivity (Wildman–Crippen MR) is 110 cm³/mol. The number of aromatic amines is 1. The number of aryl methyl sites for hydroxylation is 2. The van der Waals surface area contributed by atoms with Crippen molar-refractivity contribution in [1.82, 2.24) is 24.8 Å². The minimum atomic E-state index is -0.241. The van der Waals surface area contributed by atoms with E-state index in [2.05, 4.69) is 35.7 Å². The maximum atomic E-state index is 13.2. The average molecular weight is 396 g/mol. The van der Waals surface area contributed by atoms with E-state index in [1.165, 1.54) is 0 Å².